The lowest BCUT2D eigenvalue weighted by molar-refractivity contribution is -0.154. The summed E-state index contributed by atoms with van der Waals surface area (Å²) in [6.07, 6.45) is 5.00. The predicted molar refractivity (Wildman–Crippen MR) is 91.5 cm³/mol. The SMILES string of the molecule is C=C(/C=C/CCC(=O)OC(C)(C)C)CNCc1ccccc1. The molecule has 0 radical (unpaired) electrons. The first-order valence-corrected chi connectivity index (χ1v) is 7.67. The molecule has 1 aromatic carbocycles. The van der Waals surface area contributed by atoms with Crippen LogP contribution in [0.25, 0.3) is 0 Å². The Kier molecular flexibility index (Phi) is 7.61. The predicted octanol–water partition coefficient (Wildman–Crippen LogP) is 4.01. The molecule has 1 N–H and O–H groups in total. The van der Waals surface area contributed by atoms with E-state index in [4.69, 9.17) is 4.74 Å². The van der Waals surface area contributed by atoms with Crippen molar-refractivity contribution in [3.63, 3.8) is 0 Å². The third-order valence-electron chi connectivity index (χ3n) is 2.81. The topological polar surface area (TPSA) is 38.3 Å². The lowest BCUT2D eigenvalue weighted by Crippen LogP contribution is -2.23. The maximum absolute atomic E-state index is 11.5. The van der Waals surface area contributed by atoms with Gasteiger partial charge in [-0.05, 0) is 38.3 Å². The molecule has 22 heavy (non-hydrogen) atoms. The van der Waals surface area contributed by atoms with Gasteiger partial charge in [0.05, 0.1) is 0 Å². The molecule has 0 heterocycles. The highest BCUT2D eigenvalue weighted by Gasteiger charge is 2.14. The van der Waals surface area contributed by atoms with E-state index in [1.165, 1.54) is 5.56 Å². The molecule has 3 nitrogen and oxygen atoms in total. The van der Waals surface area contributed by atoms with Crippen molar-refractivity contribution in [3.8, 4) is 0 Å². The summed E-state index contributed by atoms with van der Waals surface area (Å²) >= 11 is 0. The second-order valence-corrected chi connectivity index (χ2v) is 6.27. The van der Waals surface area contributed by atoms with Gasteiger partial charge in [0.2, 0.25) is 0 Å². The Morgan fingerprint density at radius 3 is 2.59 bits per heavy atom. The molecule has 0 spiro atoms. The largest absolute Gasteiger partial charge is 0.460 e. The summed E-state index contributed by atoms with van der Waals surface area (Å²) in [5, 5.41) is 3.34. The molecule has 0 fully saturated rings. The Balaban J connectivity index is 2.15. The molecule has 0 amide bonds. The number of hydrogen-bond acceptors (Lipinski definition) is 3. The van der Waals surface area contributed by atoms with E-state index in [-0.39, 0.29) is 5.97 Å². The molecule has 3 heteroatoms. The smallest absolute Gasteiger partial charge is 0.306 e. The summed E-state index contributed by atoms with van der Waals surface area (Å²) < 4.78 is 5.25. The number of nitrogens with one attached hydrogen (secondary N) is 1. The molecule has 0 atom stereocenters. The van der Waals surface area contributed by atoms with Crippen LogP contribution in [0, 0.1) is 0 Å². The van der Waals surface area contributed by atoms with Gasteiger partial charge in [0.15, 0.2) is 0 Å². The number of rotatable bonds is 8. The normalized spacial score (nSPS) is 11.6. The molecule has 0 aromatic heterocycles. The van der Waals surface area contributed by atoms with Gasteiger partial charge in [-0.2, -0.15) is 0 Å². The molecule has 0 aliphatic carbocycles. The average molecular weight is 301 g/mol. The van der Waals surface area contributed by atoms with Crippen molar-refractivity contribution in [2.24, 2.45) is 0 Å². The van der Waals surface area contributed by atoms with Crippen LogP contribution in [0.5, 0.6) is 0 Å². The Morgan fingerprint density at radius 1 is 1.27 bits per heavy atom. The molecular weight excluding hydrogens is 274 g/mol. The van der Waals surface area contributed by atoms with Crippen molar-refractivity contribution in [2.75, 3.05) is 6.54 Å². The van der Waals surface area contributed by atoms with E-state index in [1.54, 1.807) is 0 Å². The van der Waals surface area contributed by atoms with Crippen molar-refractivity contribution in [1.82, 2.24) is 5.32 Å². The fourth-order valence-electron chi connectivity index (χ4n) is 1.87. The molecule has 1 rings (SSSR count). The fraction of sp³-hybridized carbons (Fsp3) is 0.421. The second-order valence-electron chi connectivity index (χ2n) is 6.27. The Hall–Kier alpha value is -1.87. The molecule has 0 saturated heterocycles. The summed E-state index contributed by atoms with van der Waals surface area (Å²) in [4.78, 5) is 11.5. The van der Waals surface area contributed by atoms with Crippen molar-refractivity contribution in [2.45, 2.75) is 45.8 Å². The highest BCUT2D eigenvalue weighted by molar-refractivity contribution is 5.70. The van der Waals surface area contributed by atoms with Crippen LogP contribution in [-0.2, 0) is 16.1 Å². The standard InChI is InChI=1S/C19H27NO2/c1-16(14-20-15-17-11-6-5-7-12-17)10-8-9-13-18(21)22-19(2,3)4/h5-8,10-12,20H,1,9,13-15H2,2-4H3/b10-8+. The first kappa shape index (κ1) is 18.2. The summed E-state index contributed by atoms with van der Waals surface area (Å²) in [7, 11) is 0. The Morgan fingerprint density at radius 2 is 1.95 bits per heavy atom. The van der Waals surface area contributed by atoms with Gasteiger partial charge in [0.1, 0.15) is 5.60 Å². The van der Waals surface area contributed by atoms with Gasteiger partial charge in [-0.3, -0.25) is 4.79 Å². The first-order valence-electron chi connectivity index (χ1n) is 7.67. The highest BCUT2D eigenvalue weighted by atomic mass is 16.6. The molecule has 0 aliphatic heterocycles. The lowest BCUT2D eigenvalue weighted by Gasteiger charge is -2.19. The van der Waals surface area contributed by atoms with Crippen molar-refractivity contribution in [1.29, 1.82) is 0 Å². The Labute approximate surface area is 134 Å². The molecule has 0 aliphatic rings. The average Bonchev–Trinajstić information content (AvgIpc) is 2.43. The van der Waals surface area contributed by atoms with Gasteiger partial charge in [-0.25, -0.2) is 0 Å². The summed E-state index contributed by atoms with van der Waals surface area (Å²) in [6.45, 7) is 11.2. The van der Waals surface area contributed by atoms with Crippen LogP contribution in [0.15, 0.2) is 54.6 Å². The van der Waals surface area contributed by atoms with Crippen molar-refractivity contribution >= 4 is 5.97 Å². The molecular formula is C19H27NO2. The maximum atomic E-state index is 11.5. The zero-order valence-corrected chi connectivity index (χ0v) is 13.9. The number of carbonyl (C=O) groups is 1. The number of carbonyl (C=O) groups excluding carboxylic acids is 1. The van der Waals surface area contributed by atoms with Crippen LogP contribution in [0.2, 0.25) is 0 Å². The number of ether oxygens (including phenoxy) is 1. The summed E-state index contributed by atoms with van der Waals surface area (Å²) in [5.41, 5.74) is 1.84. The summed E-state index contributed by atoms with van der Waals surface area (Å²) in [5.74, 6) is -0.162. The first-order chi connectivity index (χ1) is 10.4. The van der Waals surface area contributed by atoms with Crippen LogP contribution >= 0.6 is 0 Å². The zero-order chi connectivity index (χ0) is 16.4. The van der Waals surface area contributed by atoms with Crippen LogP contribution < -0.4 is 5.32 Å². The minimum atomic E-state index is -0.411. The minimum Gasteiger partial charge on any atom is -0.460 e. The summed E-state index contributed by atoms with van der Waals surface area (Å²) in [6, 6.07) is 10.2. The van der Waals surface area contributed by atoms with Crippen LogP contribution in [0.1, 0.15) is 39.2 Å². The maximum Gasteiger partial charge on any atom is 0.306 e. The molecule has 0 saturated carbocycles. The van der Waals surface area contributed by atoms with Gasteiger partial charge >= 0.3 is 5.97 Å². The van der Waals surface area contributed by atoms with Gasteiger partial charge in [0.25, 0.3) is 0 Å². The van der Waals surface area contributed by atoms with Crippen LogP contribution in [0.3, 0.4) is 0 Å². The van der Waals surface area contributed by atoms with Gasteiger partial charge in [-0.15, -0.1) is 0 Å². The second kappa shape index (κ2) is 9.21. The zero-order valence-electron chi connectivity index (χ0n) is 13.9. The lowest BCUT2D eigenvalue weighted by atomic mass is 10.2. The van der Waals surface area contributed by atoms with E-state index in [0.717, 1.165) is 18.7 Å². The van der Waals surface area contributed by atoms with E-state index >= 15 is 0 Å². The third-order valence-corrected chi connectivity index (χ3v) is 2.81. The van der Waals surface area contributed by atoms with E-state index in [0.29, 0.717) is 12.8 Å². The minimum absolute atomic E-state index is 0.162. The molecule has 0 unspecified atom stereocenters. The molecule has 0 bridgehead atoms. The number of allylic oxidation sites excluding steroid dienone is 1. The van der Waals surface area contributed by atoms with Crippen LogP contribution in [0.4, 0.5) is 0 Å². The fourth-order valence-corrected chi connectivity index (χ4v) is 1.87. The third kappa shape index (κ3) is 9.14. The van der Waals surface area contributed by atoms with E-state index < -0.39 is 5.60 Å². The van der Waals surface area contributed by atoms with E-state index in [9.17, 15) is 4.79 Å². The quantitative estimate of drug-likeness (QED) is 0.582. The van der Waals surface area contributed by atoms with Gasteiger partial charge in [-0.1, -0.05) is 49.1 Å². The Bertz CT molecular complexity index is 498. The highest BCUT2D eigenvalue weighted by Crippen LogP contribution is 2.09. The van der Waals surface area contributed by atoms with E-state index in [1.807, 2.05) is 51.1 Å². The van der Waals surface area contributed by atoms with Gasteiger partial charge in [0, 0.05) is 19.5 Å². The van der Waals surface area contributed by atoms with E-state index in [2.05, 4.69) is 24.0 Å². The van der Waals surface area contributed by atoms with Crippen molar-refractivity contribution in [3.05, 3.63) is 60.2 Å². The molecule has 1 aromatic rings. The number of esters is 1. The number of hydrogen-bond donors (Lipinski definition) is 1. The number of benzene rings is 1. The monoisotopic (exact) mass is 301 g/mol. The van der Waals surface area contributed by atoms with Crippen LogP contribution in [-0.4, -0.2) is 18.1 Å². The van der Waals surface area contributed by atoms with Crippen molar-refractivity contribution < 1.29 is 9.53 Å². The molecule has 120 valence electrons. The van der Waals surface area contributed by atoms with Gasteiger partial charge < -0.3 is 10.1 Å².